The molecular weight excluding hydrogens is 196 g/mol. The first-order chi connectivity index (χ1) is 7.59. The van der Waals surface area contributed by atoms with Gasteiger partial charge in [-0.05, 0) is 56.4 Å². The number of aromatic hydroxyl groups is 1. The third-order valence-electron chi connectivity index (χ3n) is 3.16. The number of hydrogen-bond acceptors (Lipinski definition) is 1. The van der Waals surface area contributed by atoms with Crippen LogP contribution in [0.4, 0.5) is 0 Å². The number of allylic oxidation sites excluding steroid dienone is 4. The molecule has 1 heteroatoms. The number of rotatable bonds is 1. The van der Waals surface area contributed by atoms with Gasteiger partial charge in [0.2, 0.25) is 0 Å². The van der Waals surface area contributed by atoms with Gasteiger partial charge in [0.1, 0.15) is 5.75 Å². The Morgan fingerprint density at radius 2 is 1.88 bits per heavy atom. The van der Waals surface area contributed by atoms with Gasteiger partial charge in [0.15, 0.2) is 0 Å². The van der Waals surface area contributed by atoms with Crippen molar-refractivity contribution in [3.05, 3.63) is 46.5 Å². The molecule has 2 rings (SSSR count). The van der Waals surface area contributed by atoms with Crippen LogP contribution in [-0.4, -0.2) is 5.11 Å². The molecule has 1 aromatic rings. The van der Waals surface area contributed by atoms with Crippen LogP contribution in [0.5, 0.6) is 5.75 Å². The molecule has 0 unspecified atom stereocenters. The zero-order valence-electron chi connectivity index (χ0n) is 10.2. The number of phenols is 1. The molecule has 0 saturated heterocycles. The molecule has 1 nitrogen and oxygen atoms in total. The fourth-order valence-electron chi connectivity index (χ4n) is 2.37. The molecule has 0 aliphatic heterocycles. The fourth-order valence-corrected chi connectivity index (χ4v) is 2.37. The minimum Gasteiger partial charge on any atom is -0.507 e. The van der Waals surface area contributed by atoms with Gasteiger partial charge < -0.3 is 5.11 Å². The molecule has 0 amide bonds. The van der Waals surface area contributed by atoms with Crippen LogP contribution in [-0.2, 0) is 0 Å². The Kier molecular flexibility index (Phi) is 2.86. The summed E-state index contributed by atoms with van der Waals surface area (Å²) in [5.41, 5.74) is 5.82. The molecular formula is C15H18O. The second-order valence-electron chi connectivity index (χ2n) is 4.61. The Morgan fingerprint density at radius 3 is 2.50 bits per heavy atom. The topological polar surface area (TPSA) is 20.2 Å². The standard InChI is InChI=1S/C15H18O/c1-10-8-12(3)15(14(16)9-10)13-7-5-4-6-11(13)2/h5,7-9,16H,4,6H2,1-3H3. The van der Waals surface area contributed by atoms with Crippen molar-refractivity contribution in [3.8, 4) is 5.75 Å². The van der Waals surface area contributed by atoms with E-state index in [1.54, 1.807) is 0 Å². The summed E-state index contributed by atoms with van der Waals surface area (Å²) in [6, 6.07) is 3.96. The van der Waals surface area contributed by atoms with Crippen molar-refractivity contribution in [2.75, 3.05) is 0 Å². The molecule has 0 heterocycles. The summed E-state index contributed by atoms with van der Waals surface area (Å²) in [6.07, 6.45) is 6.52. The van der Waals surface area contributed by atoms with Crippen molar-refractivity contribution in [2.45, 2.75) is 33.6 Å². The zero-order chi connectivity index (χ0) is 11.7. The minimum atomic E-state index is 0.401. The van der Waals surface area contributed by atoms with Crippen molar-refractivity contribution in [3.63, 3.8) is 0 Å². The predicted octanol–water partition coefficient (Wildman–Crippen LogP) is 4.13. The van der Waals surface area contributed by atoms with Crippen LogP contribution in [0.15, 0.2) is 29.9 Å². The largest absolute Gasteiger partial charge is 0.507 e. The summed E-state index contributed by atoms with van der Waals surface area (Å²) in [4.78, 5) is 0. The van der Waals surface area contributed by atoms with E-state index in [0.717, 1.165) is 29.5 Å². The summed E-state index contributed by atoms with van der Waals surface area (Å²) in [6.45, 7) is 6.22. The van der Waals surface area contributed by atoms with Crippen molar-refractivity contribution in [1.29, 1.82) is 0 Å². The highest BCUT2D eigenvalue weighted by molar-refractivity contribution is 5.82. The lowest BCUT2D eigenvalue weighted by molar-refractivity contribution is 0.472. The average molecular weight is 214 g/mol. The second-order valence-corrected chi connectivity index (χ2v) is 4.61. The van der Waals surface area contributed by atoms with Gasteiger partial charge in [0.05, 0.1) is 0 Å². The van der Waals surface area contributed by atoms with Crippen LogP contribution >= 0.6 is 0 Å². The van der Waals surface area contributed by atoms with E-state index < -0.39 is 0 Å². The fraction of sp³-hybridized carbons (Fsp3) is 0.333. The molecule has 1 aliphatic rings. The molecule has 0 radical (unpaired) electrons. The van der Waals surface area contributed by atoms with E-state index in [9.17, 15) is 5.11 Å². The predicted molar refractivity (Wildman–Crippen MR) is 68.5 cm³/mol. The SMILES string of the molecule is CC1=C(c2c(C)cc(C)cc2O)C=CCC1. The van der Waals surface area contributed by atoms with Gasteiger partial charge in [-0.3, -0.25) is 0 Å². The number of hydrogen-bond donors (Lipinski definition) is 1. The summed E-state index contributed by atoms with van der Waals surface area (Å²) < 4.78 is 0. The highest BCUT2D eigenvalue weighted by atomic mass is 16.3. The maximum atomic E-state index is 10.1. The molecule has 84 valence electrons. The molecule has 0 fully saturated rings. The molecule has 1 aromatic carbocycles. The Morgan fingerprint density at radius 1 is 1.12 bits per heavy atom. The second kappa shape index (κ2) is 4.17. The van der Waals surface area contributed by atoms with Gasteiger partial charge in [0.25, 0.3) is 0 Å². The van der Waals surface area contributed by atoms with Crippen molar-refractivity contribution in [1.82, 2.24) is 0 Å². The zero-order valence-corrected chi connectivity index (χ0v) is 10.2. The van der Waals surface area contributed by atoms with Crippen LogP contribution in [0.2, 0.25) is 0 Å². The van der Waals surface area contributed by atoms with E-state index in [1.165, 1.54) is 11.1 Å². The molecule has 0 aromatic heterocycles. The smallest absolute Gasteiger partial charge is 0.123 e. The number of aryl methyl sites for hydroxylation is 2. The van der Waals surface area contributed by atoms with Crippen LogP contribution < -0.4 is 0 Å². The summed E-state index contributed by atoms with van der Waals surface area (Å²) in [5, 5.41) is 10.1. The molecule has 0 spiro atoms. The van der Waals surface area contributed by atoms with Gasteiger partial charge in [-0.25, -0.2) is 0 Å². The Balaban J connectivity index is 2.60. The quantitative estimate of drug-likeness (QED) is 0.745. The molecule has 1 N–H and O–H groups in total. The normalized spacial score (nSPS) is 15.7. The Labute approximate surface area is 97.1 Å². The lowest BCUT2D eigenvalue weighted by Crippen LogP contribution is -1.95. The van der Waals surface area contributed by atoms with Crippen LogP contribution in [0.3, 0.4) is 0 Å². The lowest BCUT2D eigenvalue weighted by atomic mass is 9.89. The van der Waals surface area contributed by atoms with Crippen LogP contribution in [0.25, 0.3) is 5.57 Å². The van der Waals surface area contributed by atoms with Gasteiger partial charge in [-0.2, -0.15) is 0 Å². The first kappa shape index (κ1) is 11.0. The molecule has 0 atom stereocenters. The minimum absolute atomic E-state index is 0.401. The highest BCUT2D eigenvalue weighted by Crippen LogP contribution is 2.35. The van der Waals surface area contributed by atoms with Gasteiger partial charge in [-0.1, -0.05) is 23.8 Å². The van der Waals surface area contributed by atoms with Crippen LogP contribution in [0.1, 0.15) is 36.5 Å². The average Bonchev–Trinajstić information content (AvgIpc) is 2.19. The summed E-state index contributed by atoms with van der Waals surface area (Å²) in [7, 11) is 0. The Bertz CT molecular complexity index is 455. The Hall–Kier alpha value is -1.50. The first-order valence-electron chi connectivity index (χ1n) is 5.76. The maximum Gasteiger partial charge on any atom is 0.123 e. The van der Waals surface area contributed by atoms with Crippen molar-refractivity contribution < 1.29 is 5.11 Å². The van der Waals surface area contributed by atoms with Gasteiger partial charge >= 0.3 is 0 Å². The van der Waals surface area contributed by atoms with Crippen molar-refractivity contribution >= 4 is 5.57 Å². The highest BCUT2D eigenvalue weighted by Gasteiger charge is 2.13. The maximum absolute atomic E-state index is 10.1. The molecule has 0 saturated carbocycles. The number of benzene rings is 1. The third kappa shape index (κ3) is 1.90. The van der Waals surface area contributed by atoms with Gasteiger partial charge in [-0.15, -0.1) is 0 Å². The van der Waals surface area contributed by atoms with E-state index in [2.05, 4.69) is 32.1 Å². The van der Waals surface area contributed by atoms with Gasteiger partial charge in [0, 0.05) is 5.56 Å². The molecule has 0 bridgehead atoms. The van der Waals surface area contributed by atoms with E-state index >= 15 is 0 Å². The van der Waals surface area contributed by atoms with E-state index in [4.69, 9.17) is 0 Å². The third-order valence-corrected chi connectivity index (χ3v) is 3.16. The molecule has 1 aliphatic carbocycles. The summed E-state index contributed by atoms with van der Waals surface area (Å²) >= 11 is 0. The molecule has 16 heavy (non-hydrogen) atoms. The lowest BCUT2D eigenvalue weighted by Gasteiger charge is -2.16. The number of phenolic OH excluding ortho intramolecular Hbond substituents is 1. The van der Waals surface area contributed by atoms with E-state index in [1.807, 2.05) is 13.0 Å². The first-order valence-corrected chi connectivity index (χ1v) is 5.76. The van der Waals surface area contributed by atoms with Crippen LogP contribution in [0, 0.1) is 13.8 Å². The summed E-state index contributed by atoms with van der Waals surface area (Å²) in [5.74, 6) is 0.401. The van der Waals surface area contributed by atoms with E-state index in [0.29, 0.717) is 5.75 Å². The monoisotopic (exact) mass is 214 g/mol. The van der Waals surface area contributed by atoms with Crippen molar-refractivity contribution in [2.24, 2.45) is 0 Å². The van der Waals surface area contributed by atoms with E-state index in [-0.39, 0.29) is 0 Å².